The van der Waals surface area contributed by atoms with Gasteiger partial charge in [-0.25, -0.2) is 5.01 Å². The van der Waals surface area contributed by atoms with Crippen molar-refractivity contribution >= 4 is 0 Å². The molecule has 0 saturated heterocycles. The minimum atomic E-state index is 0.317. The van der Waals surface area contributed by atoms with Crippen LogP contribution in [0.1, 0.15) is 41.0 Å². The molecular formula is C12H26N2. The van der Waals surface area contributed by atoms with Gasteiger partial charge in [-0.15, -0.1) is 0 Å². The average molecular weight is 198 g/mol. The lowest BCUT2D eigenvalue weighted by Gasteiger charge is -2.29. The molecule has 0 aliphatic heterocycles. The van der Waals surface area contributed by atoms with E-state index in [0.29, 0.717) is 11.3 Å². The third kappa shape index (κ3) is 6.03. The van der Waals surface area contributed by atoms with Crippen LogP contribution >= 0.6 is 0 Å². The van der Waals surface area contributed by atoms with Crippen LogP contribution in [0.5, 0.6) is 0 Å². The number of nitrogens with one attached hydrogen (secondary N) is 1. The molecule has 2 heteroatoms. The summed E-state index contributed by atoms with van der Waals surface area (Å²) in [6.45, 7) is 16.1. The maximum atomic E-state index is 4.04. The van der Waals surface area contributed by atoms with Crippen molar-refractivity contribution in [2.75, 3.05) is 13.6 Å². The fourth-order valence-electron chi connectivity index (χ4n) is 1.35. The van der Waals surface area contributed by atoms with Crippen molar-refractivity contribution in [2.45, 2.75) is 41.0 Å². The molecule has 0 aliphatic rings. The first-order valence-electron chi connectivity index (χ1n) is 5.43. The molecule has 0 heterocycles. The lowest BCUT2D eigenvalue weighted by molar-refractivity contribution is 0.176. The number of hydrogen-bond donors (Lipinski definition) is 1. The Labute approximate surface area is 89.3 Å². The van der Waals surface area contributed by atoms with Crippen LogP contribution in [0.4, 0.5) is 0 Å². The third-order valence-corrected chi connectivity index (χ3v) is 2.25. The van der Waals surface area contributed by atoms with E-state index in [1.807, 2.05) is 0 Å². The van der Waals surface area contributed by atoms with Gasteiger partial charge < -0.3 is 5.43 Å². The molecule has 0 aromatic carbocycles. The van der Waals surface area contributed by atoms with Crippen LogP contribution in [0, 0.1) is 11.3 Å². The molecule has 14 heavy (non-hydrogen) atoms. The molecule has 0 radical (unpaired) electrons. The first-order valence-corrected chi connectivity index (χ1v) is 5.43. The monoisotopic (exact) mass is 198 g/mol. The maximum Gasteiger partial charge on any atom is 0.0224 e. The fourth-order valence-corrected chi connectivity index (χ4v) is 1.35. The maximum absolute atomic E-state index is 4.04. The highest BCUT2D eigenvalue weighted by molar-refractivity contribution is 4.94. The molecule has 0 fully saturated rings. The van der Waals surface area contributed by atoms with Gasteiger partial charge in [0, 0.05) is 19.3 Å². The van der Waals surface area contributed by atoms with Crippen molar-refractivity contribution in [1.82, 2.24) is 10.4 Å². The van der Waals surface area contributed by atoms with E-state index < -0.39 is 0 Å². The molecule has 1 unspecified atom stereocenters. The van der Waals surface area contributed by atoms with Gasteiger partial charge in [0.1, 0.15) is 0 Å². The summed E-state index contributed by atoms with van der Waals surface area (Å²) in [6.07, 6.45) is 1.13. The van der Waals surface area contributed by atoms with Crippen LogP contribution in [0.2, 0.25) is 0 Å². The van der Waals surface area contributed by atoms with Crippen molar-refractivity contribution in [3.05, 3.63) is 12.3 Å². The van der Waals surface area contributed by atoms with E-state index in [-0.39, 0.29) is 0 Å². The van der Waals surface area contributed by atoms with Gasteiger partial charge >= 0.3 is 0 Å². The highest BCUT2D eigenvalue weighted by Gasteiger charge is 2.14. The van der Waals surface area contributed by atoms with E-state index >= 15 is 0 Å². The van der Waals surface area contributed by atoms with Gasteiger partial charge in [0.25, 0.3) is 0 Å². The van der Waals surface area contributed by atoms with Crippen molar-refractivity contribution < 1.29 is 0 Å². The Morgan fingerprint density at radius 1 is 1.43 bits per heavy atom. The molecule has 0 aromatic rings. The normalized spacial score (nSPS) is 14.2. The third-order valence-electron chi connectivity index (χ3n) is 2.25. The largest absolute Gasteiger partial charge is 0.324 e. The summed E-state index contributed by atoms with van der Waals surface area (Å²) in [6, 6.07) is 0. The topological polar surface area (TPSA) is 15.3 Å². The molecule has 1 atom stereocenters. The summed E-state index contributed by atoms with van der Waals surface area (Å²) in [4.78, 5) is 0. The van der Waals surface area contributed by atoms with Gasteiger partial charge in [0.15, 0.2) is 0 Å². The van der Waals surface area contributed by atoms with E-state index in [0.717, 1.165) is 18.7 Å². The predicted molar refractivity (Wildman–Crippen MR) is 63.8 cm³/mol. The van der Waals surface area contributed by atoms with Crippen LogP contribution in [-0.2, 0) is 0 Å². The number of hydrogen-bond acceptors (Lipinski definition) is 2. The van der Waals surface area contributed by atoms with Gasteiger partial charge in [-0.1, -0.05) is 41.2 Å². The van der Waals surface area contributed by atoms with E-state index in [4.69, 9.17) is 0 Å². The van der Waals surface area contributed by atoms with Gasteiger partial charge in [-0.05, 0) is 17.8 Å². The Hall–Kier alpha value is -0.500. The Balaban J connectivity index is 3.95. The van der Waals surface area contributed by atoms with E-state index in [1.54, 1.807) is 0 Å². The number of allylic oxidation sites excluding steroid dienone is 1. The fraction of sp³-hybridized carbons (Fsp3) is 0.833. The SMILES string of the molecule is C=C(NN(C)CC(C)(C)C)C(C)CC. The quantitative estimate of drug-likeness (QED) is 0.683. The zero-order valence-corrected chi connectivity index (χ0v) is 10.6. The average Bonchev–Trinajstić information content (AvgIpc) is 1.99. The lowest BCUT2D eigenvalue weighted by atomic mass is 9.97. The van der Waals surface area contributed by atoms with Crippen molar-refractivity contribution in [1.29, 1.82) is 0 Å². The Kier molecular flexibility index (Phi) is 5.21. The highest BCUT2D eigenvalue weighted by Crippen LogP contribution is 2.15. The van der Waals surface area contributed by atoms with Crippen LogP contribution in [0.3, 0.4) is 0 Å². The van der Waals surface area contributed by atoms with Crippen molar-refractivity contribution in [3.8, 4) is 0 Å². The summed E-state index contributed by atoms with van der Waals surface area (Å²) in [7, 11) is 2.07. The molecule has 0 bridgehead atoms. The van der Waals surface area contributed by atoms with Gasteiger partial charge in [-0.2, -0.15) is 0 Å². The molecular weight excluding hydrogens is 172 g/mol. The first-order chi connectivity index (χ1) is 6.26. The molecule has 0 amide bonds. The number of hydrazine groups is 1. The standard InChI is InChI=1S/C12H26N2/c1-8-10(2)11(3)13-14(7)9-12(4,5)6/h10,13H,3,8-9H2,1-2,4-7H3. The summed E-state index contributed by atoms with van der Waals surface area (Å²) in [5.74, 6) is 0.539. The molecule has 0 rings (SSSR count). The summed E-state index contributed by atoms with van der Waals surface area (Å²) < 4.78 is 0. The van der Waals surface area contributed by atoms with Gasteiger partial charge in [-0.3, -0.25) is 0 Å². The van der Waals surface area contributed by atoms with E-state index in [2.05, 4.69) is 58.7 Å². The predicted octanol–water partition coefficient (Wildman–Crippen LogP) is 3.03. The van der Waals surface area contributed by atoms with Crippen LogP contribution < -0.4 is 5.43 Å². The molecule has 84 valence electrons. The van der Waals surface area contributed by atoms with Crippen LogP contribution in [-0.4, -0.2) is 18.6 Å². The zero-order chi connectivity index (χ0) is 11.4. The lowest BCUT2D eigenvalue weighted by Crippen LogP contribution is -2.40. The highest BCUT2D eigenvalue weighted by atomic mass is 15.5. The van der Waals surface area contributed by atoms with E-state index in [1.165, 1.54) is 0 Å². The molecule has 0 spiro atoms. The van der Waals surface area contributed by atoms with Crippen molar-refractivity contribution in [3.63, 3.8) is 0 Å². The van der Waals surface area contributed by atoms with E-state index in [9.17, 15) is 0 Å². The van der Waals surface area contributed by atoms with Crippen molar-refractivity contribution in [2.24, 2.45) is 11.3 Å². The Morgan fingerprint density at radius 3 is 2.29 bits per heavy atom. The first kappa shape index (κ1) is 13.5. The second kappa shape index (κ2) is 5.40. The summed E-state index contributed by atoms with van der Waals surface area (Å²) in [5.41, 5.74) is 4.75. The zero-order valence-electron chi connectivity index (χ0n) is 10.6. The second-order valence-corrected chi connectivity index (χ2v) is 5.36. The number of nitrogens with zero attached hydrogens (tertiary/aromatic N) is 1. The second-order valence-electron chi connectivity index (χ2n) is 5.36. The van der Waals surface area contributed by atoms with Gasteiger partial charge in [0.2, 0.25) is 0 Å². The minimum absolute atomic E-state index is 0.317. The van der Waals surface area contributed by atoms with Crippen LogP contribution in [0.15, 0.2) is 12.3 Å². The van der Waals surface area contributed by atoms with Gasteiger partial charge in [0.05, 0.1) is 0 Å². The molecule has 2 nitrogen and oxygen atoms in total. The number of rotatable bonds is 5. The minimum Gasteiger partial charge on any atom is -0.324 e. The molecule has 0 aliphatic carbocycles. The smallest absolute Gasteiger partial charge is 0.0224 e. The Morgan fingerprint density at radius 2 is 1.93 bits per heavy atom. The Bertz CT molecular complexity index is 179. The van der Waals surface area contributed by atoms with Crippen LogP contribution in [0.25, 0.3) is 0 Å². The molecule has 0 aromatic heterocycles. The molecule has 1 N–H and O–H groups in total. The summed E-state index contributed by atoms with van der Waals surface area (Å²) in [5, 5.41) is 2.12. The summed E-state index contributed by atoms with van der Waals surface area (Å²) >= 11 is 0. The molecule has 0 saturated carbocycles.